The minimum absolute atomic E-state index is 0.146. The first-order valence-corrected chi connectivity index (χ1v) is 13.8. The van der Waals surface area contributed by atoms with E-state index in [-0.39, 0.29) is 17.9 Å². The Bertz CT molecular complexity index is 1060. The van der Waals surface area contributed by atoms with Crippen LogP contribution in [0.5, 0.6) is 11.5 Å². The van der Waals surface area contributed by atoms with E-state index in [1.807, 2.05) is 20.8 Å². The molecular weight excluding hydrogens is 538 g/mol. The number of carbonyl (C=O) groups is 4. The van der Waals surface area contributed by atoms with Crippen molar-refractivity contribution >= 4 is 24.4 Å². The number of carboxylic acids is 1. The highest BCUT2D eigenvalue weighted by atomic mass is 16.8. The van der Waals surface area contributed by atoms with Crippen LogP contribution in [0.15, 0.2) is 18.2 Å². The van der Waals surface area contributed by atoms with E-state index in [2.05, 4.69) is 0 Å². The SMILES string of the molecule is CCC(C)OC(=O)Oc1ccc(C[C@](N)(C(=O)O)[C@H](C)[C@H](C)OC(=O)OC(C)(C)CC)cc1OC(=O)OC(C)CC. The van der Waals surface area contributed by atoms with Crippen molar-refractivity contribution in [3.63, 3.8) is 0 Å². The van der Waals surface area contributed by atoms with E-state index < -0.39 is 59.8 Å². The molecule has 0 fully saturated rings. The Kier molecular flexibility index (Phi) is 13.4. The lowest BCUT2D eigenvalue weighted by Gasteiger charge is -2.35. The van der Waals surface area contributed by atoms with E-state index in [9.17, 15) is 24.3 Å². The summed E-state index contributed by atoms with van der Waals surface area (Å²) in [6.07, 6.45) is -3.40. The van der Waals surface area contributed by atoms with Crippen LogP contribution in [0.25, 0.3) is 0 Å². The summed E-state index contributed by atoms with van der Waals surface area (Å²) in [6.45, 7) is 15.4. The van der Waals surface area contributed by atoms with Crippen LogP contribution in [0.2, 0.25) is 0 Å². The van der Waals surface area contributed by atoms with E-state index in [1.165, 1.54) is 25.1 Å². The Labute approximate surface area is 241 Å². The summed E-state index contributed by atoms with van der Waals surface area (Å²) in [4.78, 5) is 49.3. The number of carbonyl (C=O) groups excluding carboxylic acids is 3. The van der Waals surface area contributed by atoms with Gasteiger partial charge in [-0.15, -0.1) is 0 Å². The highest BCUT2D eigenvalue weighted by Crippen LogP contribution is 2.33. The minimum atomic E-state index is -1.92. The second kappa shape index (κ2) is 15.5. The molecular formula is C29H45NO11. The quantitative estimate of drug-likeness (QED) is 0.149. The van der Waals surface area contributed by atoms with Crippen LogP contribution in [0.4, 0.5) is 14.4 Å². The van der Waals surface area contributed by atoms with Crippen LogP contribution in [0.1, 0.15) is 87.1 Å². The summed E-state index contributed by atoms with van der Waals surface area (Å²) in [5.41, 5.74) is 4.05. The van der Waals surface area contributed by atoms with Gasteiger partial charge < -0.3 is 39.3 Å². The first-order chi connectivity index (χ1) is 19.0. The molecule has 0 aliphatic heterocycles. The van der Waals surface area contributed by atoms with Gasteiger partial charge in [-0.25, -0.2) is 14.4 Å². The Morgan fingerprint density at radius 1 is 0.829 bits per heavy atom. The van der Waals surface area contributed by atoms with Crippen molar-refractivity contribution in [2.75, 3.05) is 0 Å². The van der Waals surface area contributed by atoms with E-state index in [1.54, 1.807) is 34.6 Å². The number of hydrogen-bond donors (Lipinski definition) is 2. The first-order valence-electron chi connectivity index (χ1n) is 13.8. The maximum atomic E-state index is 12.4. The van der Waals surface area contributed by atoms with Crippen LogP contribution in [-0.2, 0) is 30.2 Å². The Morgan fingerprint density at radius 3 is 1.80 bits per heavy atom. The van der Waals surface area contributed by atoms with Gasteiger partial charge in [0.1, 0.15) is 29.5 Å². The molecule has 41 heavy (non-hydrogen) atoms. The van der Waals surface area contributed by atoms with E-state index in [0.717, 1.165) is 0 Å². The number of rotatable bonds is 14. The summed E-state index contributed by atoms with van der Waals surface area (Å²) in [5, 5.41) is 10.1. The lowest BCUT2D eigenvalue weighted by molar-refractivity contribution is -0.148. The third kappa shape index (κ3) is 11.1. The van der Waals surface area contributed by atoms with Crippen molar-refractivity contribution in [1.29, 1.82) is 0 Å². The molecule has 12 nitrogen and oxygen atoms in total. The highest BCUT2D eigenvalue weighted by Gasteiger charge is 2.44. The number of ether oxygens (including phenoxy) is 6. The fourth-order valence-corrected chi connectivity index (χ4v) is 3.31. The molecule has 0 amide bonds. The van der Waals surface area contributed by atoms with Gasteiger partial charge in [-0.05, 0) is 71.6 Å². The summed E-state index contributed by atoms with van der Waals surface area (Å²) in [7, 11) is 0. The van der Waals surface area contributed by atoms with Gasteiger partial charge in [-0.2, -0.15) is 0 Å². The Morgan fingerprint density at radius 2 is 1.34 bits per heavy atom. The molecule has 0 radical (unpaired) electrons. The van der Waals surface area contributed by atoms with E-state index in [0.29, 0.717) is 24.8 Å². The normalized spacial score (nSPS) is 15.8. The molecule has 5 atom stereocenters. The topological polar surface area (TPSA) is 170 Å². The van der Waals surface area contributed by atoms with Crippen molar-refractivity contribution in [3.8, 4) is 11.5 Å². The van der Waals surface area contributed by atoms with E-state index >= 15 is 0 Å². The number of carboxylic acid groups (broad SMARTS) is 1. The second-order valence-electron chi connectivity index (χ2n) is 10.8. The smallest absolute Gasteiger partial charge is 0.480 e. The van der Waals surface area contributed by atoms with Crippen LogP contribution in [0.3, 0.4) is 0 Å². The number of hydrogen-bond acceptors (Lipinski definition) is 11. The van der Waals surface area contributed by atoms with Crippen molar-refractivity contribution < 1.29 is 52.7 Å². The molecule has 0 bridgehead atoms. The molecule has 0 aliphatic carbocycles. The number of benzene rings is 1. The van der Waals surface area contributed by atoms with Gasteiger partial charge in [-0.1, -0.05) is 33.8 Å². The predicted molar refractivity (Wildman–Crippen MR) is 149 cm³/mol. The fraction of sp³-hybridized carbons (Fsp3) is 0.655. The zero-order valence-electron chi connectivity index (χ0n) is 25.5. The maximum absolute atomic E-state index is 12.4. The Hall–Kier alpha value is -3.54. The zero-order valence-corrected chi connectivity index (χ0v) is 25.5. The van der Waals surface area contributed by atoms with Crippen molar-refractivity contribution in [1.82, 2.24) is 0 Å². The largest absolute Gasteiger partial charge is 0.514 e. The molecule has 0 heterocycles. The highest BCUT2D eigenvalue weighted by molar-refractivity contribution is 5.80. The average molecular weight is 584 g/mol. The third-order valence-corrected chi connectivity index (χ3v) is 7.04. The van der Waals surface area contributed by atoms with Gasteiger partial charge in [-0.3, -0.25) is 4.79 Å². The molecule has 2 unspecified atom stereocenters. The Balaban J connectivity index is 3.28. The van der Waals surface area contributed by atoms with E-state index in [4.69, 9.17) is 34.2 Å². The summed E-state index contributed by atoms with van der Waals surface area (Å²) in [5.74, 6) is -2.59. The molecule has 1 aromatic rings. The second-order valence-corrected chi connectivity index (χ2v) is 10.8. The summed E-state index contributed by atoms with van der Waals surface area (Å²) in [6, 6.07) is 4.13. The molecule has 1 aromatic carbocycles. The monoisotopic (exact) mass is 583 g/mol. The standard InChI is InChI=1S/C29H45NO11/c1-10-17(4)36-25(33)39-22-14-13-21(15-23(22)40-26(34)37-18(5)11-2)16-29(30,24(31)32)19(6)20(7)38-27(35)41-28(8,9)12-3/h13-15,17-20H,10-12,16,30H2,1-9H3,(H,31,32)/t17?,18?,19-,20+,29-/m1/s1. The molecule has 0 aromatic heterocycles. The van der Waals surface area contributed by atoms with Crippen LogP contribution < -0.4 is 15.2 Å². The van der Waals surface area contributed by atoms with Gasteiger partial charge in [0.05, 0.1) is 0 Å². The predicted octanol–water partition coefficient (Wildman–Crippen LogP) is 6.01. The third-order valence-electron chi connectivity index (χ3n) is 7.04. The molecule has 12 heteroatoms. The summed E-state index contributed by atoms with van der Waals surface area (Å²) < 4.78 is 31.5. The maximum Gasteiger partial charge on any atom is 0.514 e. The number of aliphatic carboxylic acids is 1. The van der Waals surface area contributed by atoms with Crippen molar-refractivity contribution in [3.05, 3.63) is 23.8 Å². The van der Waals surface area contributed by atoms with Gasteiger partial charge in [0.2, 0.25) is 0 Å². The van der Waals surface area contributed by atoms with Crippen molar-refractivity contribution in [2.45, 2.75) is 117 Å². The van der Waals surface area contributed by atoms with Crippen molar-refractivity contribution in [2.24, 2.45) is 11.7 Å². The molecule has 0 aliphatic rings. The molecule has 1 rings (SSSR count). The molecule has 3 N–H and O–H groups in total. The minimum Gasteiger partial charge on any atom is -0.480 e. The van der Waals surface area contributed by atoms with Gasteiger partial charge >= 0.3 is 24.4 Å². The number of nitrogens with two attached hydrogens (primary N) is 1. The molecule has 232 valence electrons. The zero-order chi connectivity index (χ0) is 31.5. The summed E-state index contributed by atoms with van der Waals surface area (Å²) >= 11 is 0. The lowest BCUT2D eigenvalue weighted by atomic mass is 9.78. The van der Waals surface area contributed by atoms with Gasteiger partial charge in [0.25, 0.3) is 0 Å². The molecule has 0 spiro atoms. The van der Waals surface area contributed by atoms with Gasteiger partial charge in [0, 0.05) is 12.3 Å². The molecule has 0 saturated heterocycles. The van der Waals surface area contributed by atoms with Crippen LogP contribution >= 0.6 is 0 Å². The first kappa shape index (κ1) is 35.5. The van der Waals surface area contributed by atoms with Crippen LogP contribution in [-0.4, -0.2) is 59.0 Å². The van der Waals surface area contributed by atoms with Gasteiger partial charge in [0.15, 0.2) is 11.5 Å². The molecule has 0 saturated carbocycles. The average Bonchev–Trinajstić information content (AvgIpc) is 2.88. The van der Waals surface area contributed by atoms with Crippen LogP contribution in [0, 0.1) is 5.92 Å². The lowest BCUT2D eigenvalue weighted by Crippen LogP contribution is -2.58. The fourth-order valence-electron chi connectivity index (χ4n) is 3.31.